The predicted octanol–water partition coefficient (Wildman–Crippen LogP) is 0.777. The molecular formula is C15H26N2O4. The number of amides is 2. The number of nitrogens with two attached hydrogens (primary N) is 1. The molecule has 21 heavy (non-hydrogen) atoms. The summed E-state index contributed by atoms with van der Waals surface area (Å²) < 4.78 is 5.33. The number of Topliss-reactive ketones (excluding diaryl/α,β-unsaturated/α-hetero) is 1. The van der Waals surface area contributed by atoms with Gasteiger partial charge in [-0.25, -0.2) is 0 Å². The number of primary amides is 1. The fourth-order valence-electron chi connectivity index (χ4n) is 2.52. The molecule has 0 aromatic rings. The van der Waals surface area contributed by atoms with E-state index in [0.717, 1.165) is 0 Å². The first-order valence-corrected chi connectivity index (χ1v) is 7.39. The van der Waals surface area contributed by atoms with Crippen LogP contribution in [0.3, 0.4) is 0 Å². The quantitative estimate of drug-likeness (QED) is 0.725. The van der Waals surface area contributed by atoms with Crippen LogP contribution in [0.15, 0.2) is 0 Å². The van der Waals surface area contributed by atoms with Gasteiger partial charge in [-0.1, -0.05) is 27.7 Å². The molecule has 0 aliphatic carbocycles. The van der Waals surface area contributed by atoms with Gasteiger partial charge >= 0.3 is 0 Å². The van der Waals surface area contributed by atoms with Crippen LogP contribution in [0.2, 0.25) is 0 Å². The Balaban J connectivity index is 2.57. The normalized spacial score (nSPS) is 23.9. The van der Waals surface area contributed by atoms with Gasteiger partial charge in [0.1, 0.15) is 12.6 Å². The van der Waals surface area contributed by atoms with E-state index in [-0.39, 0.29) is 54.5 Å². The van der Waals surface area contributed by atoms with E-state index in [1.54, 1.807) is 0 Å². The monoisotopic (exact) mass is 298 g/mol. The Labute approximate surface area is 125 Å². The lowest BCUT2D eigenvalue weighted by Crippen LogP contribution is -2.45. The van der Waals surface area contributed by atoms with Gasteiger partial charge in [0.25, 0.3) is 0 Å². The lowest BCUT2D eigenvalue weighted by molar-refractivity contribution is -0.128. The van der Waals surface area contributed by atoms with Crippen molar-refractivity contribution in [2.75, 3.05) is 6.61 Å². The van der Waals surface area contributed by atoms with Crippen molar-refractivity contribution in [1.82, 2.24) is 5.32 Å². The maximum absolute atomic E-state index is 12.1. The van der Waals surface area contributed by atoms with Gasteiger partial charge in [-0.05, 0) is 17.8 Å². The average molecular weight is 298 g/mol. The van der Waals surface area contributed by atoms with E-state index < -0.39 is 6.04 Å². The van der Waals surface area contributed by atoms with Crippen molar-refractivity contribution in [2.45, 2.75) is 59.1 Å². The molecule has 2 amide bonds. The standard InChI is InChI=1S/C15H26N2O4/c1-5-11-14(10(18)8-21-11)17-13(20)6-9(2)15(3,4)7-12(16)19/h9,11,14H,5-8H2,1-4H3,(H2,16,19)(H,17,20). The highest BCUT2D eigenvalue weighted by atomic mass is 16.5. The Morgan fingerprint density at radius 1 is 1.48 bits per heavy atom. The highest BCUT2D eigenvalue weighted by Crippen LogP contribution is 2.32. The highest BCUT2D eigenvalue weighted by molar-refractivity contribution is 5.91. The molecular weight excluding hydrogens is 272 g/mol. The largest absolute Gasteiger partial charge is 0.370 e. The summed E-state index contributed by atoms with van der Waals surface area (Å²) in [6.07, 6.45) is 0.917. The number of rotatable bonds is 7. The Morgan fingerprint density at radius 3 is 2.62 bits per heavy atom. The van der Waals surface area contributed by atoms with Gasteiger partial charge in [0.15, 0.2) is 5.78 Å². The van der Waals surface area contributed by atoms with E-state index in [2.05, 4.69) is 5.32 Å². The molecule has 1 aliphatic heterocycles. The number of ketones is 1. The molecule has 0 spiro atoms. The van der Waals surface area contributed by atoms with Gasteiger partial charge in [0.05, 0.1) is 6.10 Å². The third-order valence-electron chi connectivity index (χ3n) is 4.33. The molecule has 1 heterocycles. The second-order valence-electron chi connectivity index (χ2n) is 6.51. The zero-order valence-corrected chi connectivity index (χ0v) is 13.3. The van der Waals surface area contributed by atoms with E-state index in [1.807, 2.05) is 27.7 Å². The number of carbonyl (C=O) groups excluding carboxylic acids is 3. The molecule has 3 atom stereocenters. The minimum atomic E-state index is -0.547. The second kappa shape index (κ2) is 7.02. The Morgan fingerprint density at radius 2 is 2.10 bits per heavy atom. The summed E-state index contributed by atoms with van der Waals surface area (Å²) in [6.45, 7) is 7.71. The van der Waals surface area contributed by atoms with Crippen molar-refractivity contribution in [3.8, 4) is 0 Å². The molecule has 0 radical (unpaired) electrons. The smallest absolute Gasteiger partial charge is 0.220 e. The van der Waals surface area contributed by atoms with E-state index >= 15 is 0 Å². The molecule has 6 nitrogen and oxygen atoms in total. The molecule has 3 N–H and O–H groups in total. The first kappa shape index (κ1) is 17.6. The summed E-state index contributed by atoms with van der Waals surface area (Å²) in [5.41, 5.74) is 4.88. The van der Waals surface area contributed by atoms with Crippen LogP contribution in [-0.4, -0.2) is 36.4 Å². The van der Waals surface area contributed by atoms with Crippen LogP contribution in [0.5, 0.6) is 0 Å². The van der Waals surface area contributed by atoms with Crippen LogP contribution >= 0.6 is 0 Å². The number of nitrogens with one attached hydrogen (secondary N) is 1. The first-order chi connectivity index (χ1) is 9.67. The van der Waals surface area contributed by atoms with Gasteiger partial charge < -0.3 is 15.8 Å². The zero-order valence-electron chi connectivity index (χ0n) is 13.3. The second-order valence-corrected chi connectivity index (χ2v) is 6.51. The Kier molecular flexibility index (Phi) is 5.89. The van der Waals surface area contributed by atoms with Crippen molar-refractivity contribution in [2.24, 2.45) is 17.1 Å². The molecule has 1 aliphatic rings. The summed E-state index contributed by atoms with van der Waals surface area (Å²) in [5, 5.41) is 2.76. The number of carbonyl (C=O) groups is 3. The molecule has 3 unspecified atom stereocenters. The Hall–Kier alpha value is -1.43. The summed E-state index contributed by atoms with van der Waals surface area (Å²) in [4.78, 5) is 34.9. The van der Waals surface area contributed by atoms with Crippen molar-refractivity contribution >= 4 is 17.6 Å². The van der Waals surface area contributed by atoms with Crippen molar-refractivity contribution in [3.05, 3.63) is 0 Å². The third-order valence-corrected chi connectivity index (χ3v) is 4.33. The summed E-state index contributed by atoms with van der Waals surface area (Å²) >= 11 is 0. The van der Waals surface area contributed by atoms with E-state index in [0.29, 0.717) is 6.42 Å². The van der Waals surface area contributed by atoms with Gasteiger partial charge in [0.2, 0.25) is 11.8 Å². The van der Waals surface area contributed by atoms with E-state index in [9.17, 15) is 14.4 Å². The fourth-order valence-corrected chi connectivity index (χ4v) is 2.52. The molecule has 0 saturated carbocycles. The molecule has 0 aromatic carbocycles. The first-order valence-electron chi connectivity index (χ1n) is 7.39. The number of hydrogen-bond donors (Lipinski definition) is 2. The van der Waals surface area contributed by atoms with Crippen LogP contribution in [-0.2, 0) is 19.1 Å². The fraction of sp³-hybridized carbons (Fsp3) is 0.800. The van der Waals surface area contributed by atoms with Gasteiger partial charge in [-0.15, -0.1) is 0 Å². The number of ether oxygens (including phenoxy) is 1. The molecule has 0 bridgehead atoms. The van der Waals surface area contributed by atoms with Gasteiger partial charge in [-0.2, -0.15) is 0 Å². The topological polar surface area (TPSA) is 98.5 Å². The van der Waals surface area contributed by atoms with Crippen LogP contribution in [0, 0.1) is 11.3 Å². The third kappa shape index (κ3) is 4.81. The maximum atomic E-state index is 12.1. The molecule has 6 heteroatoms. The van der Waals surface area contributed by atoms with E-state index in [4.69, 9.17) is 10.5 Å². The molecule has 0 aromatic heterocycles. The summed E-state index contributed by atoms with van der Waals surface area (Å²) in [5.74, 6) is -0.679. The minimum absolute atomic E-state index is 0.0255. The van der Waals surface area contributed by atoms with Crippen LogP contribution in [0.4, 0.5) is 0 Å². The Bertz CT molecular complexity index is 420. The SMILES string of the molecule is CCC1OCC(=O)C1NC(=O)CC(C)C(C)(C)CC(N)=O. The predicted molar refractivity (Wildman–Crippen MR) is 78.3 cm³/mol. The minimum Gasteiger partial charge on any atom is -0.370 e. The van der Waals surface area contributed by atoms with Crippen LogP contribution in [0.25, 0.3) is 0 Å². The average Bonchev–Trinajstić information content (AvgIpc) is 2.68. The lowest BCUT2D eigenvalue weighted by atomic mass is 9.75. The number of hydrogen-bond acceptors (Lipinski definition) is 4. The van der Waals surface area contributed by atoms with Crippen LogP contribution in [0.1, 0.15) is 47.0 Å². The van der Waals surface area contributed by atoms with Crippen molar-refractivity contribution < 1.29 is 19.1 Å². The van der Waals surface area contributed by atoms with Crippen molar-refractivity contribution in [3.63, 3.8) is 0 Å². The molecule has 1 saturated heterocycles. The zero-order chi connectivity index (χ0) is 16.2. The molecule has 1 fully saturated rings. The summed E-state index contributed by atoms with van der Waals surface area (Å²) in [7, 11) is 0. The van der Waals surface area contributed by atoms with Gasteiger partial charge in [-0.3, -0.25) is 14.4 Å². The lowest BCUT2D eigenvalue weighted by Gasteiger charge is -2.30. The molecule has 1 rings (SSSR count). The maximum Gasteiger partial charge on any atom is 0.220 e. The van der Waals surface area contributed by atoms with E-state index in [1.165, 1.54) is 0 Å². The van der Waals surface area contributed by atoms with Gasteiger partial charge in [0, 0.05) is 12.8 Å². The molecule has 120 valence electrons. The summed E-state index contributed by atoms with van der Waals surface area (Å²) in [6, 6.07) is -0.547. The van der Waals surface area contributed by atoms with Crippen molar-refractivity contribution in [1.29, 1.82) is 0 Å². The highest BCUT2D eigenvalue weighted by Gasteiger charge is 2.36. The van der Waals surface area contributed by atoms with Crippen LogP contribution < -0.4 is 11.1 Å².